The van der Waals surface area contributed by atoms with E-state index < -0.39 is 40.1 Å². The van der Waals surface area contributed by atoms with Crippen molar-refractivity contribution in [3.05, 3.63) is 87.2 Å². The number of carbonyl (C=O) groups excluding carboxylic acids is 2. The van der Waals surface area contributed by atoms with Crippen LogP contribution in [0.2, 0.25) is 0 Å². The first-order chi connectivity index (χ1) is 17.4. The predicted octanol–water partition coefficient (Wildman–Crippen LogP) is 3.37. The van der Waals surface area contributed by atoms with Crippen LogP contribution in [-0.2, 0) is 11.0 Å². The predicted molar refractivity (Wildman–Crippen MR) is 129 cm³/mol. The molecule has 0 saturated carbocycles. The van der Waals surface area contributed by atoms with Crippen LogP contribution in [0.3, 0.4) is 0 Å². The summed E-state index contributed by atoms with van der Waals surface area (Å²) in [5, 5.41) is 2.47. The number of benzene rings is 1. The molecular formula is C26H26F4N4O3. The largest absolute Gasteiger partial charge is 0.417 e. The number of rotatable bonds is 5. The summed E-state index contributed by atoms with van der Waals surface area (Å²) in [5.74, 6) is -1.82. The van der Waals surface area contributed by atoms with E-state index >= 15 is 4.39 Å². The Kier molecular flexibility index (Phi) is 7.09. The molecular weight excluding hydrogens is 492 g/mol. The van der Waals surface area contributed by atoms with Gasteiger partial charge in [0, 0.05) is 44.4 Å². The Morgan fingerprint density at radius 2 is 1.92 bits per heavy atom. The van der Waals surface area contributed by atoms with Crippen molar-refractivity contribution >= 4 is 17.8 Å². The van der Waals surface area contributed by atoms with E-state index in [-0.39, 0.29) is 29.8 Å². The molecule has 2 N–H and O–H groups in total. The average molecular weight is 519 g/mol. The third kappa shape index (κ3) is 5.22. The number of pyridine rings is 1. The quantitative estimate of drug-likeness (QED) is 0.469. The fourth-order valence-corrected chi connectivity index (χ4v) is 4.71. The molecule has 0 spiro atoms. The zero-order valence-electron chi connectivity index (χ0n) is 20.2. The van der Waals surface area contributed by atoms with Crippen molar-refractivity contribution in [3.8, 4) is 0 Å². The highest BCUT2D eigenvalue weighted by atomic mass is 19.4. The van der Waals surface area contributed by atoms with Gasteiger partial charge in [-0.3, -0.25) is 9.59 Å². The highest BCUT2D eigenvalue weighted by molar-refractivity contribution is 5.99. The van der Waals surface area contributed by atoms with Crippen LogP contribution >= 0.6 is 0 Å². The number of nitrogens with one attached hydrogen (secondary N) is 2. The molecule has 1 aliphatic heterocycles. The lowest BCUT2D eigenvalue weighted by Gasteiger charge is -2.46. The lowest BCUT2D eigenvalue weighted by atomic mass is 9.80. The molecule has 1 amide bonds. The number of H-pyrrole nitrogens is 1. The standard InChI is InChI=1S/C26H26F4N4O3/c1-16-14-34(9-8-33(16)2)22-11-21(27)18(17-6-4-3-5-7-17)12-25(22,15-35)32-24(37)19-13-31-23(36)10-20(19)26(28,29)30/h3-7,10-11,13,15-16H,8-9,12,14H2,1-2H3,(H,31,36)(H,32,37)/t16?,25-/m1/s1. The number of carbonyl (C=O) groups is 2. The Morgan fingerprint density at radius 1 is 1.22 bits per heavy atom. The third-order valence-corrected chi connectivity index (χ3v) is 6.90. The highest BCUT2D eigenvalue weighted by Gasteiger charge is 2.45. The zero-order chi connectivity index (χ0) is 27.0. The summed E-state index contributed by atoms with van der Waals surface area (Å²) in [7, 11) is 1.93. The van der Waals surface area contributed by atoms with E-state index in [1.807, 2.05) is 14.0 Å². The first-order valence-electron chi connectivity index (χ1n) is 11.7. The molecule has 2 atom stereocenters. The van der Waals surface area contributed by atoms with E-state index in [1.54, 1.807) is 35.2 Å². The van der Waals surface area contributed by atoms with Crippen molar-refractivity contribution in [3.63, 3.8) is 0 Å². The maximum absolute atomic E-state index is 15.5. The molecule has 1 saturated heterocycles. The second-order valence-electron chi connectivity index (χ2n) is 9.34. The number of amides is 1. The number of nitrogens with zero attached hydrogens (tertiary/aromatic N) is 2. The minimum Gasteiger partial charge on any atom is -0.370 e. The summed E-state index contributed by atoms with van der Waals surface area (Å²) in [4.78, 5) is 43.5. The topological polar surface area (TPSA) is 85.5 Å². The molecule has 196 valence electrons. The SMILES string of the molecule is CC1CN(C2=CC(F)=C(c3ccccc3)C[C@]2(C=O)NC(=O)c2c[nH]c(=O)cc2C(F)(F)F)CCN1C. The summed E-state index contributed by atoms with van der Waals surface area (Å²) < 4.78 is 56.4. The number of aldehydes is 1. The Bertz CT molecular complexity index is 1320. The van der Waals surface area contributed by atoms with Crippen LogP contribution in [0.1, 0.15) is 34.8 Å². The Hall–Kier alpha value is -3.73. The van der Waals surface area contributed by atoms with Crippen molar-refractivity contribution in [1.82, 2.24) is 20.1 Å². The summed E-state index contributed by atoms with van der Waals surface area (Å²) >= 11 is 0. The van der Waals surface area contributed by atoms with E-state index in [9.17, 15) is 27.6 Å². The molecule has 2 heterocycles. The molecule has 7 nitrogen and oxygen atoms in total. The number of hydrogen-bond donors (Lipinski definition) is 2. The number of likely N-dealkylation sites (N-methyl/N-ethyl adjacent to an activating group) is 1. The number of aromatic nitrogens is 1. The minimum atomic E-state index is -4.99. The number of allylic oxidation sites excluding steroid dienone is 2. The lowest BCUT2D eigenvalue weighted by Crippen LogP contribution is -2.60. The van der Waals surface area contributed by atoms with E-state index in [0.717, 1.165) is 0 Å². The summed E-state index contributed by atoms with van der Waals surface area (Å²) in [6.07, 6.45) is -3.02. The first-order valence-corrected chi connectivity index (χ1v) is 11.7. The summed E-state index contributed by atoms with van der Waals surface area (Å²) in [6, 6.07) is 8.73. The van der Waals surface area contributed by atoms with Crippen LogP contribution in [0, 0.1) is 0 Å². The van der Waals surface area contributed by atoms with Crippen molar-refractivity contribution in [2.24, 2.45) is 0 Å². The van der Waals surface area contributed by atoms with Gasteiger partial charge >= 0.3 is 6.18 Å². The van der Waals surface area contributed by atoms with Gasteiger partial charge in [0.05, 0.1) is 16.8 Å². The van der Waals surface area contributed by atoms with Gasteiger partial charge in [0.25, 0.3) is 5.91 Å². The molecule has 1 aromatic heterocycles. The third-order valence-electron chi connectivity index (χ3n) is 6.90. The van der Waals surface area contributed by atoms with Gasteiger partial charge in [-0.15, -0.1) is 0 Å². The van der Waals surface area contributed by atoms with E-state index in [0.29, 0.717) is 37.7 Å². The molecule has 1 aliphatic carbocycles. The Labute approximate surface area is 210 Å². The maximum atomic E-state index is 15.5. The van der Waals surface area contributed by atoms with Crippen LogP contribution in [-0.4, -0.2) is 65.2 Å². The van der Waals surface area contributed by atoms with Crippen LogP contribution in [0.4, 0.5) is 17.6 Å². The fraction of sp³-hybridized carbons (Fsp3) is 0.346. The van der Waals surface area contributed by atoms with E-state index in [2.05, 4.69) is 15.2 Å². The number of halogens is 4. The highest BCUT2D eigenvalue weighted by Crippen LogP contribution is 2.40. The monoisotopic (exact) mass is 518 g/mol. The van der Waals surface area contributed by atoms with Crippen molar-refractivity contribution < 1.29 is 27.2 Å². The molecule has 1 fully saturated rings. The minimum absolute atomic E-state index is 0.0355. The number of alkyl halides is 3. The molecule has 1 aromatic carbocycles. The van der Waals surface area contributed by atoms with Crippen LogP contribution in [0.25, 0.3) is 5.57 Å². The van der Waals surface area contributed by atoms with Crippen molar-refractivity contribution in [2.45, 2.75) is 31.1 Å². The zero-order valence-corrected chi connectivity index (χ0v) is 20.2. The Morgan fingerprint density at radius 3 is 2.54 bits per heavy atom. The second kappa shape index (κ2) is 9.97. The molecule has 4 rings (SSSR count). The van der Waals surface area contributed by atoms with Gasteiger partial charge in [-0.05, 0) is 31.2 Å². The maximum Gasteiger partial charge on any atom is 0.417 e. The molecule has 0 radical (unpaired) electrons. The molecule has 37 heavy (non-hydrogen) atoms. The molecule has 11 heteroatoms. The smallest absolute Gasteiger partial charge is 0.370 e. The fourth-order valence-electron chi connectivity index (χ4n) is 4.71. The van der Waals surface area contributed by atoms with Gasteiger partial charge in [0.15, 0.2) is 6.29 Å². The number of aromatic amines is 1. The molecule has 0 bridgehead atoms. The normalized spacial score (nSPS) is 23.0. The number of hydrogen-bond acceptors (Lipinski definition) is 5. The summed E-state index contributed by atoms with van der Waals surface area (Å²) in [6.45, 7) is 3.37. The van der Waals surface area contributed by atoms with Gasteiger partial charge in [0.2, 0.25) is 5.56 Å². The second-order valence-corrected chi connectivity index (χ2v) is 9.34. The van der Waals surface area contributed by atoms with Gasteiger partial charge < -0.3 is 24.9 Å². The molecule has 2 aromatic rings. The van der Waals surface area contributed by atoms with Crippen molar-refractivity contribution in [2.75, 3.05) is 26.7 Å². The van der Waals surface area contributed by atoms with E-state index in [4.69, 9.17) is 0 Å². The Balaban J connectivity index is 1.81. The lowest BCUT2D eigenvalue weighted by molar-refractivity contribution is -0.138. The van der Waals surface area contributed by atoms with Crippen LogP contribution < -0.4 is 10.9 Å². The van der Waals surface area contributed by atoms with Crippen molar-refractivity contribution in [1.29, 1.82) is 0 Å². The van der Waals surface area contributed by atoms with Gasteiger partial charge in [-0.1, -0.05) is 30.3 Å². The molecule has 1 unspecified atom stereocenters. The molecule has 2 aliphatic rings. The van der Waals surface area contributed by atoms with Crippen LogP contribution in [0.15, 0.2) is 65.0 Å². The number of piperazine rings is 1. The van der Waals surface area contributed by atoms with Gasteiger partial charge in [-0.2, -0.15) is 13.2 Å². The first kappa shape index (κ1) is 26.3. The summed E-state index contributed by atoms with van der Waals surface area (Å²) in [5.41, 5.74) is -4.41. The van der Waals surface area contributed by atoms with Gasteiger partial charge in [-0.25, -0.2) is 4.39 Å². The average Bonchev–Trinajstić information content (AvgIpc) is 2.86. The van der Waals surface area contributed by atoms with Gasteiger partial charge in [0.1, 0.15) is 11.4 Å². The van der Waals surface area contributed by atoms with Crippen LogP contribution in [0.5, 0.6) is 0 Å². The van der Waals surface area contributed by atoms with E-state index in [1.165, 1.54) is 6.08 Å².